The second-order valence-electron chi connectivity index (χ2n) is 4.29. The first-order valence-corrected chi connectivity index (χ1v) is 6.34. The standard InChI is InChI=1S/C17H15FO3/c1-20-16-6-4-3-5-12(16)7-9-15(19)13-8-10-17(21-2)14(18)11-13/h3-11H,1-2H3/b9-7+. The van der Waals surface area contributed by atoms with Gasteiger partial charge in [0.05, 0.1) is 14.2 Å². The molecule has 0 aliphatic carbocycles. The molecule has 0 bridgehead atoms. The fourth-order valence-electron chi connectivity index (χ4n) is 1.89. The number of carbonyl (C=O) groups excluding carboxylic acids is 1. The molecule has 0 N–H and O–H groups in total. The van der Waals surface area contributed by atoms with Crippen LogP contribution in [0.25, 0.3) is 6.08 Å². The third-order valence-corrected chi connectivity index (χ3v) is 2.99. The molecule has 0 aliphatic heterocycles. The molecule has 0 saturated carbocycles. The van der Waals surface area contributed by atoms with Crippen LogP contribution < -0.4 is 9.47 Å². The number of methoxy groups -OCH3 is 2. The zero-order chi connectivity index (χ0) is 15.2. The molecule has 0 unspecified atom stereocenters. The Morgan fingerprint density at radius 2 is 1.76 bits per heavy atom. The summed E-state index contributed by atoms with van der Waals surface area (Å²) in [6.45, 7) is 0. The third kappa shape index (κ3) is 3.48. The molecule has 2 aromatic carbocycles. The van der Waals surface area contributed by atoms with E-state index in [1.807, 2.05) is 18.2 Å². The number of ether oxygens (including phenoxy) is 2. The number of hydrogen-bond acceptors (Lipinski definition) is 3. The number of allylic oxidation sites excluding steroid dienone is 1. The first kappa shape index (κ1) is 14.8. The quantitative estimate of drug-likeness (QED) is 0.620. The molecule has 108 valence electrons. The summed E-state index contributed by atoms with van der Waals surface area (Å²) in [5.74, 6) is -0.0702. The fourth-order valence-corrected chi connectivity index (χ4v) is 1.89. The van der Waals surface area contributed by atoms with Crippen molar-refractivity contribution in [1.29, 1.82) is 0 Å². The van der Waals surface area contributed by atoms with E-state index in [0.29, 0.717) is 5.75 Å². The average Bonchev–Trinajstić information content (AvgIpc) is 2.52. The fraction of sp³-hybridized carbons (Fsp3) is 0.118. The van der Waals surface area contributed by atoms with E-state index in [4.69, 9.17) is 9.47 Å². The molecule has 0 radical (unpaired) electrons. The minimum absolute atomic E-state index is 0.111. The van der Waals surface area contributed by atoms with Gasteiger partial charge in [-0.2, -0.15) is 0 Å². The van der Waals surface area contributed by atoms with Gasteiger partial charge in [0.1, 0.15) is 5.75 Å². The normalized spacial score (nSPS) is 10.6. The maximum absolute atomic E-state index is 13.6. The molecule has 0 fully saturated rings. The van der Waals surface area contributed by atoms with Gasteiger partial charge >= 0.3 is 0 Å². The number of carbonyl (C=O) groups is 1. The highest BCUT2D eigenvalue weighted by Gasteiger charge is 2.08. The summed E-state index contributed by atoms with van der Waals surface area (Å²) in [7, 11) is 2.94. The highest BCUT2D eigenvalue weighted by Crippen LogP contribution is 2.20. The van der Waals surface area contributed by atoms with Crippen molar-refractivity contribution in [1.82, 2.24) is 0 Å². The molecule has 21 heavy (non-hydrogen) atoms. The van der Waals surface area contributed by atoms with Gasteiger partial charge in [-0.05, 0) is 36.4 Å². The Bertz CT molecular complexity index is 677. The van der Waals surface area contributed by atoms with Crippen LogP contribution in [0.1, 0.15) is 15.9 Å². The lowest BCUT2D eigenvalue weighted by atomic mass is 10.1. The Hall–Kier alpha value is -2.62. The van der Waals surface area contributed by atoms with Gasteiger partial charge < -0.3 is 9.47 Å². The van der Waals surface area contributed by atoms with Crippen LogP contribution in [-0.4, -0.2) is 20.0 Å². The van der Waals surface area contributed by atoms with Crippen LogP contribution in [0.15, 0.2) is 48.5 Å². The van der Waals surface area contributed by atoms with Crippen molar-refractivity contribution in [3.8, 4) is 11.5 Å². The third-order valence-electron chi connectivity index (χ3n) is 2.99. The van der Waals surface area contributed by atoms with Crippen LogP contribution in [-0.2, 0) is 0 Å². The summed E-state index contributed by atoms with van der Waals surface area (Å²) < 4.78 is 23.6. The second-order valence-corrected chi connectivity index (χ2v) is 4.29. The van der Waals surface area contributed by atoms with E-state index in [1.165, 1.54) is 25.3 Å². The van der Waals surface area contributed by atoms with Crippen molar-refractivity contribution in [2.24, 2.45) is 0 Å². The first-order chi connectivity index (χ1) is 10.2. The van der Waals surface area contributed by atoms with Crippen LogP contribution in [0.5, 0.6) is 11.5 Å². The lowest BCUT2D eigenvalue weighted by Crippen LogP contribution is -1.97. The van der Waals surface area contributed by atoms with E-state index in [1.54, 1.807) is 19.3 Å². The predicted octanol–water partition coefficient (Wildman–Crippen LogP) is 3.74. The maximum Gasteiger partial charge on any atom is 0.185 e. The number of ketones is 1. The highest BCUT2D eigenvalue weighted by atomic mass is 19.1. The van der Waals surface area contributed by atoms with E-state index >= 15 is 0 Å². The number of hydrogen-bond donors (Lipinski definition) is 0. The summed E-state index contributed by atoms with van der Waals surface area (Å²) in [5, 5.41) is 0. The molecule has 0 aromatic heterocycles. The molecule has 0 atom stereocenters. The van der Waals surface area contributed by atoms with Crippen molar-refractivity contribution in [3.63, 3.8) is 0 Å². The van der Waals surface area contributed by atoms with Gasteiger partial charge in [0.2, 0.25) is 0 Å². The molecule has 3 nitrogen and oxygen atoms in total. The number of benzene rings is 2. The lowest BCUT2D eigenvalue weighted by molar-refractivity contribution is 0.104. The summed E-state index contributed by atoms with van der Waals surface area (Å²) in [4.78, 5) is 12.0. The molecule has 0 spiro atoms. The van der Waals surface area contributed by atoms with Gasteiger partial charge in [0.15, 0.2) is 17.3 Å². The highest BCUT2D eigenvalue weighted by molar-refractivity contribution is 6.07. The van der Waals surface area contributed by atoms with Gasteiger partial charge in [-0.3, -0.25) is 4.79 Å². The van der Waals surface area contributed by atoms with Gasteiger partial charge in [-0.15, -0.1) is 0 Å². The zero-order valence-corrected chi connectivity index (χ0v) is 11.8. The molecular weight excluding hydrogens is 271 g/mol. The smallest absolute Gasteiger partial charge is 0.185 e. The van der Waals surface area contributed by atoms with E-state index < -0.39 is 5.82 Å². The van der Waals surface area contributed by atoms with Crippen molar-refractivity contribution >= 4 is 11.9 Å². The average molecular weight is 286 g/mol. The van der Waals surface area contributed by atoms with E-state index in [0.717, 1.165) is 11.6 Å². The van der Waals surface area contributed by atoms with Crippen LogP contribution in [0, 0.1) is 5.82 Å². The molecule has 0 heterocycles. The van der Waals surface area contributed by atoms with E-state index in [-0.39, 0.29) is 17.1 Å². The summed E-state index contributed by atoms with van der Waals surface area (Å²) in [6.07, 6.45) is 3.03. The topological polar surface area (TPSA) is 35.5 Å². The molecule has 0 saturated heterocycles. The minimum atomic E-state index is -0.561. The van der Waals surface area contributed by atoms with Crippen molar-refractivity contribution in [2.75, 3.05) is 14.2 Å². The minimum Gasteiger partial charge on any atom is -0.496 e. The molecule has 2 rings (SSSR count). The summed E-state index contributed by atoms with van der Waals surface area (Å²) >= 11 is 0. The Morgan fingerprint density at radius 1 is 1.05 bits per heavy atom. The zero-order valence-electron chi connectivity index (χ0n) is 11.8. The van der Waals surface area contributed by atoms with Crippen LogP contribution in [0.3, 0.4) is 0 Å². The molecule has 4 heteroatoms. The predicted molar refractivity (Wildman–Crippen MR) is 79.3 cm³/mol. The Kier molecular flexibility index (Phi) is 4.72. The largest absolute Gasteiger partial charge is 0.496 e. The Labute approximate surface area is 122 Å². The molecule has 0 aliphatic rings. The summed E-state index contributed by atoms with van der Waals surface area (Å²) in [5.41, 5.74) is 1.04. The molecule has 2 aromatic rings. The Morgan fingerprint density at radius 3 is 2.43 bits per heavy atom. The van der Waals surface area contributed by atoms with E-state index in [2.05, 4.69) is 0 Å². The van der Waals surface area contributed by atoms with Gasteiger partial charge in [-0.1, -0.05) is 18.2 Å². The molecular formula is C17H15FO3. The number of para-hydroxylation sites is 1. The first-order valence-electron chi connectivity index (χ1n) is 6.34. The monoisotopic (exact) mass is 286 g/mol. The van der Waals surface area contributed by atoms with Crippen LogP contribution in [0.2, 0.25) is 0 Å². The van der Waals surface area contributed by atoms with Crippen LogP contribution in [0.4, 0.5) is 4.39 Å². The maximum atomic E-state index is 13.6. The van der Waals surface area contributed by atoms with Crippen LogP contribution >= 0.6 is 0 Å². The summed E-state index contributed by atoms with van der Waals surface area (Å²) in [6, 6.07) is 11.4. The van der Waals surface area contributed by atoms with Gasteiger partial charge in [-0.25, -0.2) is 4.39 Å². The van der Waals surface area contributed by atoms with E-state index in [9.17, 15) is 9.18 Å². The molecule has 0 amide bonds. The Balaban J connectivity index is 2.21. The lowest BCUT2D eigenvalue weighted by Gasteiger charge is -2.04. The SMILES string of the molecule is COc1ccc(C(=O)/C=C/c2ccccc2OC)cc1F. The second kappa shape index (κ2) is 6.70. The van der Waals surface area contributed by atoms with Crippen molar-refractivity contribution in [2.45, 2.75) is 0 Å². The number of rotatable bonds is 5. The van der Waals surface area contributed by atoms with Crippen molar-refractivity contribution in [3.05, 3.63) is 65.5 Å². The van der Waals surface area contributed by atoms with Crippen molar-refractivity contribution < 1.29 is 18.7 Å². The van der Waals surface area contributed by atoms with Gasteiger partial charge in [0.25, 0.3) is 0 Å². The number of halogens is 1. The van der Waals surface area contributed by atoms with Gasteiger partial charge in [0, 0.05) is 11.1 Å².